The van der Waals surface area contributed by atoms with Crippen LogP contribution < -0.4 is 9.47 Å². The number of amides is 1. The van der Waals surface area contributed by atoms with Crippen molar-refractivity contribution >= 4 is 28.8 Å². The second-order valence-electron chi connectivity index (χ2n) is 7.39. The summed E-state index contributed by atoms with van der Waals surface area (Å²) in [5.74, 6) is 1.30. The Morgan fingerprint density at radius 1 is 1.31 bits per heavy atom. The number of carbonyl (C=O) groups is 2. The Balaban J connectivity index is 2.06. The van der Waals surface area contributed by atoms with Crippen LogP contribution in [0.2, 0.25) is 0 Å². The van der Waals surface area contributed by atoms with Crippen LogP contribution in [0.4, 0.5) is 0 Å². The van der Waals surface area contributed by atoms with E-state index in [1.54, 1.807) is 11.8 Å². The first-order valence-electron chi connectivity index (χ1n) is 10.9. The van der Waals surface area contributed by atoms with Gasteiger partial charge in [-0.15, -0.1) is 0 Å². The van der Waals surface area contributed by atoms with Gasteiger partial charge in [-0.25, -0.2) is 9.79 Å². The first-order chi connectivity index (χ1) is 15.5. The van der Waals surface area contributed by atoms with Crippen LogP contribution in [0.15, 0.2) is 47.1 Å². The summed E-state index contributed by atoms with van der Waals surface area (Å²) in [5, 5.41) is 0.602. The number of thioether (sulfide) groups is 1. The van der Waals surface area contributed by atoms with Gasteiger partial charge < -0.3 is 14.2 Å². The average molecular weight is 459 g/mol. The van der Waals surface area contributed by atoms with Crippen LogP contribution in [0, 0.1) is 0 Å². The number of unbranched alkanes of at least 4 members (excludes halogenated alkanes) is 1. The van der Waals surface area contributed by atoms with Gasteiger partial charge in [0.1, 0.15) is 6.61 Å². The van der Waals surface area contributed by atoms with Crippen LogP contribution in [0.5, 0.6) is 11.5 Å². The maximum atomic E-state index is 13.0. The van der Waals surface area contributed by atoms with E-state index < -0.39 is 12.0 Å². The number of aliphatic imine (C=N–C) groups is 1. The predicted octanol–water partition coefficient (Wildman–Crippen LogP) is 4.64. The average Bonchev–Trinajstić information content (AvgIpc) is 2.78. The molecule has 0 radical (unpaired) electrons. The zero-order chi connectivity index (χ0) is 23.1. The molecule has 0 bridgehead atoms. The minimum Gasteiger partial charge on any atom is -0.490 e. The predicted molar refractivity (Wildman–Crippen MR) is 126 cm³/mol. The maximum absolute atomic E-state index is 13.0. The van der Waals surface area contributed by atoms with E-state index in [-0.39, 0.29) is 12.5 Å². The number of carbonyl (C=O) groups excluding carboxylic acids is 2. The van der Waals surface area contributed by atoms with Gasteiger partial charge in [0.05, 0.1) is 30.5 Å². The maximum Gasteiger partial charge on any atom is 0.338 e. The van der Waals surface area contributed by atoms with Crippen LogP contribution in [0.1, 0.15) is 51.6 Å². The molecule has 8 heteroatoms. The Kier molecular flexibility index (Phi) is 8.39. The summed E-state index contributed by atoms with van der Waals surface area (Å²) in [6, 6.07) is 4.91. The molecule has 1 amide bonds. The van der Waals surface area contributed by atoms with Gasteiger partial charge in [0, 0.05) is 12.2 Å². The number of allylic oxidation sites excluding steroid dienone is 1. The molecule has 0 unspecified atom stereocenters. The van der Waals surface area contributed by atoms with Crippen LogP contribution >= 0.6 is 11.8 Å². The van der Waals surface area contributed by atoms with Crippen molar-refractivity contribution in [1.29, 1.82) is 0 Å². The number of nitrogens with zero attached hydrogens (tertiary/aromatic N) is 2. The van der Waals surface area contributed by atoms with Gasteiger partial charge in [-0.05, 0) is 38.0 Å². The van der Waals surface area contributed by atoms with Crippen molar-refractivity contribution in [2.75, 3.05) is 25.6 Å². The Hall–Kier alpha value is -2.74. The summed E-state index contributed by atoms with van der Waals surface area (Å²) in [6.45, 7) is 10.5. The minimum absolute atomic E-state index is 0.0738. The molecule has 0 aliphatic carbocycles. The third-order valence-electron chi connectivity index (χ3n) is 5.10. The van der Waals surface area contributed by atoms with Crippen molar-refractivity contribution in [1.82, 2.24) is 4.90 Å². The number of hydrogen-bond acceptors (Lipinski definition) is 7. The number of esters is 1. The fourth-order valence-corrected chi connectivity index (χ4v) is 4.60. The minimum atomic E-state index is -0.649. The second-order valence-corrected chi connectivity index (χ2v) is 8.45. The molecule has 7 nitrogen and oxygen atoms in total. The quantitative estimate of drug-likeness (QED) is 0.289. The number of hydrogen-bond donors (Lipinski definition) is 0. The summed E-state index contributed by atoms with van der Waals surface area (Å²) in [5.41, 5.74) is 1.62. The first kappa shape index (κ1) is 23.9. The van der Waals surface area contributed by atoms with Gasteiger partial charge in [0.15, 0.2) is 16.7 Å². The number of fused-ring (bicyclic) bond motifs is 1. The third kappa shape index (κ3) is 5.18. The number of ether oxygens (including phenoxy) is 3. The lowest BCUT2D eigenvalue weighted by atomic mass is 9.93. The highest BCUT2D eigenvalue weighted by Crippen LogP contribution is 2.42. The molecule has 1 fully saturated rings. The van der Waals surface area contributed by atoms with E-state index in [1.165, 1.54) is 17.8 Å². The van der Waals surface area contributed by atoms with Gasteiger partial charge in [0.25, 0.3) is 0 Å². The van der Waals surface area contributed by atoms with Crippen LogP contribution in [-0.4, -0.2) is 47.5 Å². The van der Waals surface area contributed by atoms with Crippen LogP contribution in [0.25, 0.3) is 0 Å². The molecular weight excluding hydrogens is 428 g/mol. The molecule has 2 heterocycles. The van der Waals surface area contributed by atoms with Crippen molar-refractivity contribution in [3.05, 3.63) is 47.7 Å². The Labute approximate surface area is 193 Å². The molecule has 0 N–H and O–H groups in total. The highest BCUT2D eigenvalue weighted by atomic mass is 32.2. The number of rotatable bonds is 10. The van der Waals surface area contributed by atoms with E-state index in [4.69, 9.17) is 14.2 Å². The third-order valence-corrected chi connectivity index (χ3v) is 6.05. The summed E-state index contributed by atoms with van der Waals surface area (Å²) < 4.78 is 17.1. The smallest absolute Gasteiger partial charge is 0.338 e. The molecule has 32 heavy (non-hydrogen) atoms. The van der Waals surface area contributed by atoms with Crippen molar-refractivity contribution < 1.29 is 23.8 Å². The Morgan fingerprint density at radius 3 is 2.84 bits per heavy atom. The van der Waals surface area contributed by atoms with Crippen molar-refractivity contribution in [2.24, 2.45) is 4.99 Å². The van der Waals surface area contributed by atoms with Gasteiger partial charge in [-0.3, -0.25) is 9.69 Å². The Morgan fingerprint density at radius 2 is 2.12 bits per heavy atom. The normalized spacial score (nSPS) is 18.1. The lowest BCUT2D eigenvalue weighted by Crippen LogP contribution is -2.45. The highest BCUT2D eigenvalue weighted by Gasteiger charge is 2.42. The molecule has 2 aliphatic rings. The van der Waals surface area contributed by atoms with E-state index in [0.29, 0.717) is 53.3 Å². The Bertz CT molecular complexity index is 940. The van der Waals surface area contributed by atoms with Gasteiger partial charge in [0.2, 0.25) is 5.91 Å². The highest BCUT2D eigenvalue weighted by molar-refractivity contribution is 8.14. The van der Waals surface area contributed by atoms with E-state index in [0.717, 1.165) is 18.4 Å². The lowest BCUT2D eigenvalue weighted by molar-refractivity contribution is -0.139. The summed E-state index contributed by atoms with van der Waals surface area (Å²) in [7, 11) is 0. The van der Waals surface area contributed by atoms with Gasteiger partial charge >= 0.3 is 5.97 Å². The summed E-state index contributed by atoms with van der Waals surface area (Å²) in [4.78, 5) is 32.1. The lowest BCUT2D eigenvalue weighted by Gasteiger charge is -2.39. The molecule has 1 atom stereocenters. The monoisotopic (exact) mass is 458 g/mol. The van der Waals surface area contributed by atoms with E-state index in [2.05, 4.69) is 18.5 Å². The fraction of sp³-hybridized carbons (Fsp3) is 0.458. The van der Waals surface area contributed by atoms with E-state index in [9.17, 15) is 9.59 Å². The molecule has 0 aromatic heterocycles. The van der Waals surface area contributed by atoms with E-state index >= 15 is 0 Å². The van der Waals surface area contributed by atoms with Crippen LogP contribution in [0.3, 0.4) is 0 Å². The molecule has 0 spiro atoms. The topological polar surface area (TPSA) is 77.4 Å². The molecule has 1 saturated heterocycles. The molecule has 0 saturated carbocycles. The zero-order valence-electron chi connectivity index (χ0n) is 18.9. The standard InChI is InChI=1S/C24H30N2O5S/c1-5-8-13-30-18-10-9-17(15-19(18)29-7-3)22-21(23(28)31-12-6-2)16(4)25-24-26(22)20(27)11-14-32-24/h6,9-10,15,22H,2,5,7-8,11-14H2,1,3-4H3/t22-/m0/s1. The molecule has 3 rings (SSSR count). The molecular formula is C24H30N2O5S. The second kappa shape index (κ2) is 11.2. The van der Waals surface area contributed by atoms with Gasteiger partial charge in [-0.2, -0.15) is 0 Å². The van der Waals surface area contributed by atoms with Crippen molar-refractivity contribution in [2.45, 2.75) is 46.1 Å². The fourth-order valence-electron chi connectivity index (χ4n) is 3.59. The zero-order valence-corrected chi connectivity index (χ0v) is 19.7. The molecule has 2 aliphatic heterocycles. The molecule has 172 valence electrons. The molecule has 1 aromatic carbocycles. The van der Waals surface area contributed by atoms with Crippen molar-refractivity contribution in [3.63, 3.8) is 0 Å². The number of benzene rings is 1. The summed E-state index contributed by atoms with van der Waals surface area (Å²) >= 11 is 1.51. The first-order valence-corrected chi connectivity index (χ1v) is 11.9. The van der Waals surface area contributed by atoms with Gasteiger partial charge in [-0.1, -0.05) is 43.8 Å². The van der Waals surface area contributed by atoms with Crippen molar-refractivity contribution in [3.8, 4) is 11.5 Å². The largest absolute Gasteiger partial charge is 0.490 e. The number of amidine groups is 1. The van der Waals surface area contributed by atoms with Crippen LogP contribution in [-0.2, 0) is 14.3 Å². The SMILES string of the molecule is C=CCOC(=O)C1=C(C)N=C2SCCC(=O)N2[C@H]1c1ccc(OCCCC)c(OCC)c1. The summed E-state index contributed by atoms with van der Waals surface area (Å²) in [6.07, 6.45) is 3.86. The van der Waals surface area contributed by atoms with E-state index in [1.807, 2.05) is 25.1 Å². The molecule has 1 aromatic rings.